The first-order valence-electron chi connectivity index (χ1n) is 6.89. The summed E-state index contributed by atoms with van der Waals surface area (Å²) < 4.78 is 1.95. The van der Waals surface area contributed by atoms with Crippen LogP contribution in [0.1, 0.15) is 36.6 Å². The lowest BCUT2D eigenvalue weighted by Gasteiger charge is -2.13. The largest absolute Gasteiger partial charge is 0.307 e. The molecule has 1 aliphatic carbocycles. The van der Waals surface area contributed by atoms with Crippen LogP contribution in [0.5, 0.6) is 0 Å². The fourth-order valence-corrected chi connectivity index (χ4v) is 3.18. The van der Waals surface area contributed by atoms with Crippen LogP contribution in [0.15, 0.2) is 35.9 Å². The summed E-state index contributed by atoms with van der Waals surface area (Å²) in [6.07, 6.45) is 9.93. The smallest absolute Gasteiger partial charge is 0.249 e. The van der Waals surface area contributed by atoms with Crippen LogP contribution in [0.3, 0.4) is 0 Å². The number of nitrogens with zero attached hydrogens (tertiary/aromatic N) is 2. The van der Waals surface area contributed by atoms with Gasteiger partial charge in [-0.2, -0.15) is 5.10 Å². The quantitative estimate of drug-likeness (QED) is 0.871. The summed E-state index contributed by atoms with van der Waals surface area (Å²) in [4.78, 5) is 13.0. The van der Waals surface area contributed by atoms with Crippen LogP contribution in [0.4, 0.5) is 5.82 Å². The van der Waals surface area contributed by atoms with Gasteiger partial charge in [0.2, 0.25) is 5.91 Å². The van der Waals surface area contributed by atoms with Crippen molar-refractivity contribution in [2.24, 2.45) is 0 Å². The molecule has 1 saturated carbocycles. The van der Waals surface area contributed by atoms with Crippen LogP contribution in [0, 0.1) is 0 Å². The highest BCUT2D eigenvalue weighted by Crippen LogP contribution is 2.31. The second-order valence-corrected chi connectivity index (χ2v) is 5.92. The number of hydrogen-bond acceptors (Lipinski definition) is 3. The van der Waals surface area contributed by atoms with Crippen LogP contribution < -0.4 is 5.32 Å². The normalized spacial score (nSPS) is 16.0. The van der Waals surface area contributed by atoms with Crippen LogP contribution in [0.2, 0.25) is 0 Å². The van der Waals surface area contributed by atoms with Crippen LogP contribution >= 0.6 is 11.3 Å². The van der Waals surface area contributed by atoms with Crippen LogP contribution in [-0.4, -0.2) is 15.7 Å². The first-order valence-corrected chi connectivity index (χ1v) is 7.77. The first kappa shape index (κ1) is 13.1. The predicted octanol–water partition coefficient (Wildman–Crippen LogP) is 3.71. The van der Waals surface area contributed by atoms with Gasteiger partial charge in [0.1, 0.15) is 5.82 Å². The van der Waals surface area contributed by atoms with Gasteiger partial charge < -0.3 is 5.32 Å². The van der Waals surface area contributed by atoms with E-state index in [4.69, 9.17) is 0 Å². The molecular formula is C15H17N3OS. The Morgan fingerprint density at radius 2 is 2.25 bits per heavy atom. The van der Waals surface area contributed by atoms with E-state index in [1.165, 1.54) is 12.8 Å². The van der Waals surface area contributed by atoms with E-state index in [0.717, 1.165) is 23.5 Å². The number of nitrogens with one attached hydrogen (secondary N) is 1. The maximum Gasteiger partial charge on any atom is 0.249 e. The predicted molar refractivity (Wildman–Crippen MR) is 81.7 cm³/mol. The number of anilines is 1. The van der Waals surface area contributed by atoms with Crippen molar-refractivity contribution >= 4 is 29.1 Å². The van der Waals surface area contributed by atoms with Crippen LogP contribution in [-0.2, 0) is 4.79 Å². The highest BCUT2D eigenvalue weighted by Gasteiger charge is 2.20. The van der Waals surface area contributed by atoms with Gasteiger partial charge in [0.25, 0.3) is 0 Å². The Bertz CT molecular complexity index is 594. The summed E-state index contributed by atoms with van der Waals surface area (Å²) in [6, 6.07) is 6.24. The summed E-state index contributed by atoms with van der Waals surface area (Å²) in [5, 5.41) is 9.24. The Labute approximate surface area is 122 Å². The molecule has 1 aliphatic rings. The van der Waals surface area contributed by atoms with E-state index in [-0.39, 0.29) is 5.91 Å². The van der Waals surface area contributed by atoms with E-state index in [1.807, 2.05) is 34.3 Å². The Kier molecular flexibility index (Phi) is 3.97. The molecule has 1 amide bonds. The molecule has 3 rings (SSSR count). The molecular weight excluding hydrogens is 270 g/mol. The molecule has 1 N–H and O–H groups in total. The Hall–Kier alpha value is -1.88. The van der Waals surface area contributed by atoms with E-state index in [2.05, 4.69) is 10.4 Å². The SMILES string of the molecule is O=C(/C=C/c1cccs1)Nc1ccnn1C1CCCC1. The number of hydrogen-bond donors (Lipinski definition) is 1. The van der Waals surface area contributed by atoms with Crippen molar-refractivity contribution in [3.8, 4) is 0 Å². The second kappa shape index (κ2) is 6.05. The number of carbonyl (C=O) groups is 1. The monoisotopic (exact) mass is 287 g/mol. The van der Waals surface area contributed by atoms with E-state index >= 15 is 0 Å². The lowest BCUT2D eigenvalue weighted by Crippen LogP contribution is -2.15. The topological polar surface area (TPSA) is 46.9 Å². The average molecular weight is 287 g/mol. The van der Waals surface area contributed by atoms with Gasteiger partial charge in [-0.3, -0.25) is 4.79 Å². The third kappa shape index (κ3) is 2.99. The van der Waals surface area contributed by atoms with Gasteiger partial charge in [0, 0.05) is 17.0 Å². The maximum absolute atomic E-state index is 11.9. The molecule has 2 heterocycles. The van der Waals surface area contributed by atoms with Crippen molar-refractivity contribution in [1.29, 1.82) is 0 Å². The van der Waals surface area contributed by atoms with E-state index < -0.39 is 0 Å². The molecule has 4 nitrogen and oxygen atoms in total. The molecule has 20 heavy (non-hydrogen) atoms. The van der Waals surface area contributed by atoms with Gasteiger partial charge in [-0.1, -0.05) is 18.9 Å². The molecule has 0 saturated heterocycles. The molecule has 1 fully saturated rings. The number of carbonyl (C=O) groups excluding carboxylic acids is 1. The third-order valence-electron chi connectivity index (χ3n) is 3.53. The molecule has 0 radical (unpaired) electrons. The first-order chi connectivity index (χ1) is 9.83. The number of thiophene rings is 1. The zero-order chi connectivity index (χ0) is 13.8. The third-order valence-corrected chi connectivity index (χ3v) is 4.37. The standard InChI is InChI=1S/C15H17N3OS/c19-15(8-7-13-6-3-11-20-13)17-14-9-10-16-18(14)12-4-1-2-5-12/h3,6-12H,1-2,4-5H2,(H,17,19)/b8-7+. The molecule has 2 aromatic rings. The minimum absolute atomic E-state index is 0.113. The fraction of sp³-hybridized carbons (Fsp3) is 0.333. The second-order valence-electron chi connectivity index (χ2n) is 4.94. The maximum atomic E-state index is 11.9. The molecule has 5 heteroatoms. The summed E-state index contributed by atoms with van der Waals surface area (Å²) in [7, 11) is 0. The van der Waals surface area contributed by atoms with Gasteiger partial charge in [-0.25, -0.2) is 4.68 Å². The molecule has 0 spiro atoms. The van der Waals surface area contributed by atoms with Crippen molar-refractivity contribution in [1.82, 2.24) is 9.78 Å². The summed E-state index contributed by atoms with van der Waals surface area (Å²) in [5.74, 6) is 0.677. The zero-order valence-electron chi connectivity index (χ0n) is 11.2. The molecule has 0 aliphatic heterocycles. The van der Waals surface area contributed by atoms with Gasteiger partial charge >= 0.3 is 0 Å². The van der Waals surface area contributed by atoms with Gasteiger partial charge in [0.05, 0.1) is 12.2 Å². The zero-order valence-corrected chi connectivity index (χ0v) is 12.0. The molecule has 0 aromatic carbocycles. The Balaban J connectivity index is 1.65. The van der Waals surface area contributed by atoms with Gasteiger partial charge in [-0.15, -0.1) is 11.3 Å². The summed E-state index contributed by atoms with van der Waals surface area (Å²) in [5.41, 5.74) is 0. The van der Waals surface area contributed by atoms with E-state index in [9.17, 15) is 4.79 Å². The van der Waals surface area contributed by atoms with E-state index in [1.54, 1.807) is 23.6 Å². The Morgan fingerprint density at radius 3 is 3.00 bits per heavy atom. The number of amides is 1. The van der Waals surface area contributed by atoms with Gasteiger partial charge in [0.15, 0.2) is 0 Å². The lowest BCUT2D eigenvalue weighted by atomic mass is 10.2. The van der Waals surface area contributed by atoms with Crippen molar-refractivity contribution in [2.45, 2.75) is 31.7 Å². The molecule has 0 bridgehead atoms. The summed E-state index contributed by atoms with van der Waals surface area (Å²) in [6.45, 7) is 0. The lowest BCUT2D eigenvalue weighted by molar-refractivity contribution is -0.111. The van der Waals surface area contributed by atoms with Gasteiger partial charge in [-0.05, 0) is 30.4 Å². The average Bonchev–Trinajstić information content (AvgIpc) is 3.18. The van der Waals surface area contributed by atoms with Crippen molar-refractivity contribution in [3.63, 3.8) is 0 Å². The highest BCUT2D eigenvalue weighted by molar-refractivity contribution is 7.10. The molecule has 104 valence electrons. The van der Waals surface area contributed by atoms with Crippen molar-refractivity contribution < 1.29 is 4.79 Å². The van der Waals surface area contributed by atoms with Crippen molar-refractivity contribution in [3.05, 3.63) is 40.7 Å². The highest BCUT2D eigenvalue weighted by atomic mass is 32.1. The number of aromatic nitrogens is 2. The van der Waals surface area contributed by atoms with E-state index in [0.29, 0.717) is 6.04 Å². The molecule has 2 aromatic heterocycles. The van der Waals surface area contributed by atoms with Crippen LogP contribution in [0.25, 0.3) is 6.08 Å². The van der Waals surface area contributed by atoms with Crippen molar-refractivity contribution in [2.75, 3.05) is 5.32 Å². The Morgan fingerprint density at radius 1 is 1.40 bits per heavy atom. The molecule has 0 unspecified atom stereocenters. The minimum Gasteiger partial charge on any atom is -0.307 e. The molecule has 0 atom stereocenters. The summed E-state index contributed by atoms with van der Waals surface area (Å²) >= 11 is 1.61. The fourth-order valence-electron chi connectivity index (χ4n) is 2.56. The minimum atomic E-state index is -0.113. The number of rotatable bonds is 4.